The Morgan fingerprint density at radius 2 is 2.11 bits per heavy atom. The first-order valence-corrected chi connectivity index (χ1v) is 6.05. The molecule has 4 heteroatoms. The van der Waals surface area contributed by atoms with Crippen molar-refractivity contribution in [3.05, 3.63) is 54.9 Å². The van der Waals surface area contributed by atoms with E-state index in [1.54, 1.807) is 31.5 Å². The van der Waals surface area contributed by atoms with Crippen LogP contribution in [0.3, 0.4) is 0 Å². The predicted molar refractivity (Wildman–Crippen MR) is 73.8 cm³/mol. The predicted octanol–water partition coefficient (Wildman–Crippen LogP) is 2.76. The highest BCUT2D eigenvalue weighted by atomic mass is 16.5. The fraction of sp³-hybridized carbons (Fsp3) is 0.200. The summed E-state index contributed by atoms with van der Waals surface area (Å²) in [6.07, 6.45) is 4.48. The number of hydrogen-bond donors (Lipinski definition) is 1. The van der Waals surface area contributed by atoms with E-state index in [-0.39, 0.29) is 0 Å². The van der Waals surface area contributed by atoms with Crippen molar-refractivity contribution in [1.29, 1.82) is 0 Å². The van der Waals surface area contributed by atoms with Gasteiger partial charge in [-0.25, -0.2) is 9.97 Å². The molecule has 1 atom stereocenters. The van der Waals surface area contributed by atoms with Gasteiger partial charge < -0.3 is 9.84 Å². The van der Waals surface area contributed by atoms with Gasteiger partial charge in [0, 0.05) is 12.4 Å². The first kappa shape index (κ1) is 13.2. The zero-order chi connectivity index (χ0) is 13.7. The third-order valence-electron chi connectivity index (χ3n) is 2.65. The lowest BCUT2D eigenvalue weighted by molar-refractivity contribution is 0.199. The van der Waals surface area contributed by atoms with Crippen molar-refractivity contribution in [2.45, 2.75) is 13.0 Å². The molecule has 1 heterocycles. The molecule has 0 aliphatic carbocycles. The SMILES string of the molecule is C=CCOc1ccc(C(C)O)cc1-c1ncccn1. The van der Waals surface area contributed by atoms with Crippen LogP contribution < -0.4 is 4.74 Å². The second kappa shape index (κ2) is 6.11. The summed E-state index contributed by atoms with van der Waals surface area (Å²) in [5.41, 5.74) is 1.56. The van der Waals surface area contributed by atoms with Crippen LogP contribution in [0.1, 0.15) is 18.6 Å². The van der Waals surface area contributed by atoms with Crippen LogP contribution in [0.4, 0.5) is 0 Å². The van der Waals surface area contributed by atoms with Gasteiger partial charge in [0.2, 0.25) is 0 Å². The van der Waals surface area contributed by atoms with Crippen molar-refractivity contribution in [3.63, 3.8) is 0 Å². The summed E-state index contributed by atoms with van der Waals surface area (Å²) in [6.45, 7) is 5.76. The Bertz CT molecular complexity index is 553. The molecule has 1 N–H and O–H groups in total. The highest BCUT2D eigenvalue weighted by Gasteiger charge is 2.11. The van der Waals surface area contributed by atoms with Crippen LogP contribution in [0, 0.1) is 0 Å². The molecule has 0 radical (unpaired) electrons. The van der Waals surface area contributed by atoms with E-state index in [2.05, 4.69) is 16.5 Å². The largest absolute Gasteiger partial charge is 0.489 e. The standard InChI is InChI=1S/C15H16N2O2/c1-3-9-19-14-6-5-12(11(2)18)10-13(14)15-16-7-4-8-17-15/h3-8,10-11,18H,1,9H2,2H3. The molecule has 0 bridgehead atoms. The van der Waals surface area contributed by atoms with Crippen LogP contribution in [-0.2, 0) is 0 Å². The van der Waals surface area contributed by atoms with Crippen LogP contribution in [0.25, 0.3) is 11.4 Å². The van der Waals surface area contributed by atoms with E-state index in [4.69, 9.17) is 4.74 Å². The van der Waals surface area contributed by atoms with Crippen molar-refractivity contribution in [3.8, 4) is 17.1 Å². The lowest BCUT2D eigenvalue weighted by Crippen LogP contribution is -1.99. The maximum atomic E-state index is 9.66. The summed E-state index contributed by atoms with van der Waals surface area (Å²) in [4.78, 5) is 8.44. The van der Waals surface area contributed by atoms with Crippen molar-refractivity contribution >= 4 is 0 Å². The average molecular weight is 256 g/mol. The summed E-state index contributed by atoms with van der Waals surface area (Å²) in [5.74, 6) is 1.25. The van der Waals surface area contributed by atoms with E-state index in [1.165, 1.54) is 0 Å². The number of benzene rings is 1. The highest BCUT2D eigenvalue weighted by Crippen LogP contribution is 2.30. The Hall–Kier alpha value is -2.20. The Kier molecular flexibility index (Phi) is 4.26. The average Bonchev–Trinajstić information content (AvgIpc) is 2.45. The normalized spacial score (nSPS) is 11.9. The smallest absolute Gasteiger partial charge is 0.162 e. The molecular weight excluding hydrogens is 240 g/mol. The van der Waals surface area contributed by atoms with Gasteiger partial charge >= 0.3 is 0 Å². The molecule has 0 aliphatic heterocycles. The number of aliphatic hydroxyl groups is 1. The Balaban J connectivity index is 2.46. The summed E-state index contributed by atoms with van der Waals surface area (Å²) < 4.78 is 5.60. The fourth-order valence-corrected chi connectivity index (χ4v) is 1.69. The molecule has 0 aliphatic rings. The van der Waals surface area contributed by atoms with Gasteiger partial charge in [0.1, 0.15) is 12.4 Å². The van der Waals surface area contributed by atoms with Crippen LogP contribution in [0.5, 0.6) is 5.75 Å². The molecule has 1 aromatic carbocycles. The third-order valence-corrected chi connectivity index (χ3v) is 2.65. The van der Waals surface area contributed by atoms with E-state index < -0.39 is 6.10 Å². The molecule has 98 valence electrons. The zero-order valence-corrected chi connectivity index (χ0v) is 10.8. The van der Waals surface area contributed by atoms with Crippen LogP contribution >= 0.6 is 0 Å². The summed E-state index contributed by atoms with van der Waals surface area (Å²) in [5, 5.41) is 9.66. The van der Waals surface area contributed by atoms with E-state index in [1.807, 2.05) is 18.2 Å². The van der Waals surface area contributed by atoms with Gasteiger partial charge in [0.25, 0.3) is 0 Å². The fourth-order valence-electron chi connectivity index (χ4n) is 1.69. The Morgan fingerprint density at radius 3 is 2.74 bits per heavy atom. The van der Waals surface area contributed by atoms with Crippen LogP contribution in [0.15, 0.2) is 49.3 Å². The first-order valence-electron chi connectivity index (χ1n) is 6.05. The maximum absolute atomic E-state index is 9.66. The number of hydrogen-bond acceptors (Lipinski definition) is 4. The molecule has 4 nitrogen and oxygen atoms in total. The second-order valence-electron chi connectivity index (χ2n) is 4.10. The van der Waals surface area contributed by atoms with Crippen molar-refractivity contribution in [2.24, 2.45) is 0 Å². The number of aromatic nitrogens is 2. The summed E-state index contributed by atoms with van der Waals surface area (Å²) in [6, 6.07) is 7.25. The van der Waals surface area contributed by atoms with Gasteiger partial charge in [-0.2, -0.15) is 0 Å². The van der Waals surface area contributed by atoms with E-state index >= 15 is 0 Å². The minimum atomic E-state index is -0.545. The summed E-state index contributed by atoms with van der Waals surface area (Å²) >= 11 is 0. The number of nitrogens with zero attached hydrogens (tertiary/aromatic N) is 2. The van der Waals surface area contributed by atoms with Gasteiger partial charge in [-0.1, -0.05) is 18.7 Å². The van der Waals surface area contributed by atoms with Gasteiger partial charge in [-0.15, -0.1) is 0 Å². The monoisotopic (exact) mass is 256 g/mol. The van der Waals surface area contributed by atoms with Crippen LogP contribution in [-0.4, -0.2) is 21.7 Å². The molecule has 2 rings (SSSR count). The van der Waals surface area contributed by atoms with E-state index in [0.29, 0.717) is 18.2 Å². The molecule has 1 aromatic heterocycles. The van der Waals surface area contributed by atoms with Crippen LogP contribution in [0.2, 0.25) is 0 Å². The van der Waals surface area contributed by atoms with Crippen molar-refractivity contribution in [1.82, 2.24) is 9.97 Å². The topological polar surface area (TPSA) is 55.2 Å². The van der Waals surface area contributed by atoms with Gasteiger partial charge in [-0.05, 0) is 30.7 Å². The lowest BCUT2D eigenvalue weighted by atomic mass is 10.1. The number of ether oxygens (including phenoxy) is 1. The minimum absolute atomic E-state index is 0.411. The second-order valence-corrected chi connectivity index (χ2v) is 4.10. The molecule has 0 saturated carbocycles. The molecular formula is C15H16N2O2. The lowest BCUT2D eigenvalue weighted by Gasteiger charge is -2.12. The quantitative estimate of drug-likeness (QED) is 0.836. The van der Waals surface area contributed by atoms with Crippen molar-refractivity contribution in [2.75, 3.05) is 6.61 Å². The molecule has 0 fully saturated rings. The molecule has 19 heavy (non-hydrogen) atoms. The molecule has 0 amide bonds. The third kappa shape index (κ3) is 3.17. The minimum Gasteiger partial charge on any atom is -0.489 e. The number of aliphatic hydroxyl groups excluding tert-OH is 1. The molecule has 2 aromatic rings. The molecule has 0 spiro atoms. The first-order chi connectivity index (χ1) is 9.22. The van der Waals surface area contributed by atoms with Gasteiger partial charge in [0.15, 0.2) is 5.82 Å². The Labute approximate surface area is 112 Å². The zero-order valence-electron chi connectivity index (χ0n) is 10.8. The maximum Gasteiger partial charge on any atom is 0.162 e. The van der Waals surface area contributed by atoms with E-state index in [9.17, 15) is 5.11 Å². The van der Waals surface area contributed by atoms with E-state index in [0.717, 1.165) is 11.1 Å². The highest BCUT2D eigenvalue weighted by molar-refractivity contribution is 5.65. The van der Waals surface area contributed by atoms with Crippen molar-refractivity contribution < 1.29 is 9.84 Å². The molecule has 0 saturated heterocycles. The van der Waals surface area contributed by atoms with Gasteiger partial charge in [-0.3, -0.25) is 0 Å². The van der Waals surface area contributed by atoms with Gasteiger partial charge in [0.05, 0.1) is 11.7 Å². The number of rotatable bonds is 5. The molecule has 1 unspecified atom stereocenters. The Morgan fingerprint density at radius 1 is 1.37 bits per heavy atom. The summed E-state index contributed by atoms with van der Waals surface area (Å²) in [7, 11) is 0.